The summed E-state index contributed by atoms with van der Waals surface area (Å²) in [5.41, 5.74) is 5.43. The van der Waals surface area contributed by atoms with Gasteiger partial charge in [-0.25, -0.2) is 0 Å². The van der Waals surface area contributed by atoms with E-state index in [1.165, 1.54) is 0 Å². The number of rotatable bonds is 6. The van der Waals surface area contributed by atoms with Crippen LogP contribution in [0.25, 0.3) is 0 Å². The fourth-order valence-electron chi connectivity index (χ4n) is 1.35. The number of benzene rings is 1. The van der Waals surface area contributed by atoms with Crippen molar-refractivity contribution in [3.63, 3.8) is 0 Å². The molecular formula is C14H17BrN2O2. The minimum absolute atomic E-state index is 0.202. The highest BCUT2D eigenvalue weighted by molar-refractivity contribution is 9.10. The van der Waals surface area contributed by atoms with Crippen molar-refractivity contribution in [2.45, 2.75) is 25.9 Å². The largest absolute Gasteiger partial charge is 0.481 e. The maximum Gasteiger partial charge on any atom is 0.237 e. The molecule has 5 heteroatoms. The van der Waals surface area contributed by atoms with Gasteiger partial charge in [0.1, 0.15) is 12.4 Å². The molecule has 1 amide bonds. The Labute approximate surface area is 121 Å². The van der Waals surface area contributed by atoms with Crippen LogP contribution in [-0.4, -0.2) is 18.1 Å². The van der Waals surface area contributed by atoms with E-state index in [4.69, 9.17) is 16.9 Å². The predicted octanol–water partition coefficient (Wildman–Crippen LogP) is 1.81. The zero-order chi connectivity index (χ0) is 14.5. The molecule has 102 valence electrons. The summed E-state index contributed by atoms with van der Waals surface area (Å²) in [6, 6.07) is 5.61. The predicted molar refractivity (Wildman–Crippen MR) is 78.6 cm³/mol. The maximum absolute atomic E-state index is 11.3. The van der Waals surface area contributed by atoms with Crippen LogP contribution in [0.4, 0.5) is 0 Å². The summed E-state index contributed by atoms with van der Waals surface area (Å²) in [6.07, 6.45) is 5.18. The molecule has 0 bridgehead atoms. The Morgan fingerprint density at radius 3 is 2.84 bits per heavy atom. The number of primary amides is 1. The summed E-state index contributed by atoms with van der Waals surface area (Å²) in [5.74, 6) is 2.70. The Kier molecular flexibility index (Phi) is 5.40. The molecule has 0 aliphatic carbocycles. The highest BCUT2D eigenvalue weighted by atomic mass is 79.9. The SMILES string of the molecule is C#CCOc1ccc(Br)cc1CNC(C)(C)C(N)=O. The van der Waals surface area contributed by atoms with E-state index < -0.39 is 11.4 Å². The lowest BCUT2D eigenvalue weighted by Crippen LogP contribution is -2.50. The standard InChI is InChI=1S/C14H17BrN2O2/c1-4-7-19-12-6-5-11(15)8-10(12)9-17-14(2,3)13(16)18/h1,5-6,8,17H,7,9H2,2-3H3,(H2,16,18). The van der Waals surface area contributed by atoms with Gasteiger partial charge >= 0.3 is 0 Å². The van der Waals surface area contributed by atoms with E-state index in [0.29, 0.717) is 12.3 Å². The number of terminal acetylenes is 1. The number of carbonyl (C=O) groups excluding carboxylic acids is 1. The molecule has 0 heterocycles. The quantitative estimate of drug-likeness (QED) is 0.784. The summed E-state index contributed by atoms with van der Waals surface area (Å²) < 4.78 is 6.38. The van der Waals surface area contributed by atoms with Crippen LogP contribution in [-0.2, 0) is 11.3 Å². The van der Waals surface area contributed by atoms with Crippen molar-refractivity contribution < 1.29 is 9.53 Å². The van der Waals surface area contributed by atoms with Crippen LogP contribution in [0.5, 0.6) is 5.75 Å². The molecule has 0 atom stereocenters. The second kappa shape index (κ2) is 6.60. The minimum atomic E-state index is -0.786. The van der Waals surface area contributed by atoms with E-state index in [1.807, 2.05) is 18.2 Å². The molecule has 0 saturated heterocycles. The number of amides is 1. The first-order chi connectivity index (χ1) is 8.86. The first kappa shape index (κ1) is 15.5. The third-order valence-corrected chi connectivity index (χ3v) is 3.16. The Balaban J connectivity index is 2.84. The van der Waals surface area contributed by atoms with Crippen LogP contribution in [0.3, 0.4) is 0 Å². The van der Waals surface area contributed by atoms with Gasteiger partial charge in [-0.05, 0) is 32.0 Å². The summed E-state index contributed by atoms with van der Waals surface area (Å²) >= 11 is 3.40. The van der Waals surface area contributed by atoms with Gasteiger partial charge in [0.15, 0.2) is 0 Å². The molecule has 0 fully saturated rings. The van der Waals surface area contributed by atoms with Crippen LogP contribution >= 0.6 is 15.9 Å². The molecule has 4 nitrogen and oxygen atoms in total. The van der Waals surface area contributed by atoms with E-state index in [9.17, 15) is 4.79 Å². The molecule has 1 aromatic rings. The molecule has 0 spiro atoms. The monoisotopic (exact) mass is 324 g/mol. The number of nitrogens with two attached hydrogens (primary N) is 1. The van der Waals surface area contributed by atoms with Crippen molar-refractivity contribution >= 4 is 21.8 Å². The molecule has 0 unspecified atom stereocenters. The van der Waals surface area contributed by atoms with Crippen molar-refractivity contribution in [2.24, 2.45) is 5.73 Å². The Morgan fingerprint density at radius 2 is 2.26 bits per heavy atom. The normalized spacial score (nSPS) is 10.8. The molecule has 0 saturated carbocycles. The van der Waals surface area contributed by atoms with Crippen molar-refractivity contribution in [1.82, 2.24) is 5.32 Å². The third-order valence-electron chi connectivity index (χ3n) is 2.67. The molecule has 0 aliphatic rings. The molecular weight excluding hydrogens is 308 g/mol. The number of hydrogen-bond donors (Lipinski definition) is 2. The Morgan fingerprint density at radius 1 is 1.58 bits per heavy atom. The molecule has 0 aliphatic heterocycles. The number of nitrogens with one attached hydrogen (secondary N) is 1. The first-order valence-corrected chi connectivity index (χ1v) is 6.55. The van der Waals surface area contributed by atoms with E-state index in [0.717, 1.165) is 10.0 Å². The van der Waals surface area contributed by atoms with Crippen LogP contribution in [0.1, 0.15) is 19.4 Å². The molecule has 0 radical (unpaired) electrons. The fraction of sp³-hybridized carbons (Fsp3) is 0.357. The lowest BCUT2D eigenvalue weighted by Gasteiger charge is -2.23. The highest BCUT2D eigenvalue weighted by Gasteiger charge is 2.24. The smallest absolute Gasteiger partial charge is 0.237 e. The number of halogens is 1. The average molecular weight is 325 g/mol. The topological polar surface area (TPSA) is 64.3 Å². The van der Waals surface area contributed by atoms with E-state index in [2.05, 4.69) is 27.2 Å². The van der Waals surface area contributed by atoms with Gasteiger partial charge in [0.05, 0.1) is 5.54 Å². The van der Waals surface area contributed by atoms with Gasteiger partial charge in [-0.1, -0.05) is 21.9 Å². The molecule has 1 aromatic carbocycles. The zero-order valence-electron chi connectivity index (χ0n) is 11.0. The average Bonchev–Trinajstić information content (AvgIpc) is 2.35. The second-order valence-electron chi connectivity index (χ2n) is 4.59. The van der Waals surface area contributed by atoms with Gasteiger partial charge in [-0.2, -0.15) is 0 Å². The van der Waals surface area contributed by atoms with Crippen molar-refractivity contribution in [2.75, 3.05) is 6.61 Å². The maximum atomic E-state index is 11.3. The Hall–Kier alpha value is -1.51. The number of carbonyl (C=O) groups is 1. The summed E-state index contributed by atoms with van der Waals surface area (Å²) in [5, 5.41) is 3.09. The van der Waals surface area contributed by atoms with Crippen molar-refractivity contribution in [1.29, 1.82) is 0 Å². The van der Waals surface area contributed by atoms with Crippen LogP contribution in [0.15, 0.2) is 22.7 Å². The summed E-state index contributed by atoms with van der Waals surface area (Å²) in [7, 11) is 0. The van der Waals surface area contributed by atoms with Crippen molar-refractivity contribution in [3.05, 3.63) is 28.2 Å². The lowest BCUT2D eigenvalue weighted by atomic mass is 10.0. The summed E-state index contributed by atoms with van der Waals surface area (Å²) in [6.45, 7) is 4.12. The molecule has 0 aromatic heterocycles. The first-order valence-electron chi connectivity index (χ1n) is 5.76. The van der Waals surface area contributed by atoms with Gasteiger partial charge in [-0.3, -0.25) is 10.1 Å². The molecule has 19 heavy (non-hydrogen) atoms. The summed E-state index contributed by atoms with van der Waals surface area (Å²) in [4.78, 5) is 11.3. The number of hydrogen-bond acceptors (Lipinski definition) is 3. The van der Waals surface area contributed by atoms with Gasteiger partial charge < -0.3 is 10.5 Å². The zero-order valence-corrected chi connectivity index (χ0v) is 12.6. The Bertz CT molecular complexity index is 507. The number of ether oxygens (including phenoxy) is 1. The molecule has 3 N–H and O–H groups in total. The fourth-order valence-corrected chi connectivity index (χ4v) is 1.76. The van der Waals surface area contributed by atoms with Gasteiger partial charge in [0, 0.05) is 16.6 Å². The van der Waals surface area contributed by atoms with E-state index >= 15 is 0 Å². The minimum Gasteiger partial charge on any atom is -0.481 e. The van der Waals surface area contributed by atoms with Gasteiger partial charge in [0.2, 0.25) is 5.91 Å². The second-order valence-corrected chi connectivity index (χ2v) is 5.50. The lowest BCUT2D eigenvalue weighted by molar-refractivity contribution is -0.123. The van der Waals surface area contributed by atoms with Crippen LogP contribution < -0.4 is 15.8 Å². The van der Waals surface area contributed by atoms with Crippen molar-refractivity contribution in [3.8, 4) is 18.1 Å². The third kappa shape index (κ3) is 4.58. The van der Waals surface area contributed by atoms with Gasteiger partial charge in [-0.15, -0.1) is 6.42 Å². The van der Waals surface area contributed by atoms with E-state index in [-0.39, 0.29) is 6.61 Å². The van der Waals surface area contributed by atoms with E-state index in [1.54, 1.807) is 13.8 Å². The van der Waals surface area contributed by atoms with Crippen LogP contribution in [0, 0.1) is 12.3 Å². The molecule has 1 rings (SSSR count). The van der Waals surface area contributed by atoms with Crippen LogP contribution in [0.2, 0.25) is 0 Å². The van der Waals surface area contributed by atoms with Gasteiger partial charge in [0.25, 0.3) is 0 Å². The highest BCUT2D eigenvalue weighted by Crippen LogP contribution is 2.23.